The average Bonchev–Trinajstić information content (AvgIpc) is 3.23. The highest BCUT2D eigenvalue weighted by Gasteiger charge is 2.23. The lowest BCUT2D eigenvalue weighted by atomic mass is 10.1. The van der Waals surface area contributed by atoms with E-state index in [1.165, 1.54) is 15.1 Å². The molecule has 3 rings (SSSR count). The van der Waals surface area contributed by atoms with Gasteiger partial charge < -0.3 is 9.64 Å². The van der Waals surface area contributed by atoms with Crippen LogP contribution >= 0.6 is 0 Å². The number of nitrogens with zero attached hydrogens (tertiary/aromatic N) is 4. The van der Waals surface area contributed by atoms with E-state index in [0.29, 0.717) is 22.4 Å². The number of pyridine rings is 1. The Kier molecular flexibility index (Phi) is 7.77. The summed E-state index contributed by atoms with van der Waals surface area (Å²) in [6.45, 7) is 5.50. The van der Waals surface area contributed by atoms with Crippen molar-refractivity contribution in [2.45, 2.75) is 32.9 Å². The molecule has 0 unspecified atom stereocenters. The van der Waals surface area contributed by atoms with Gasteiger partial charge in [0.1, 0.15) is 5.60 Å². The quantitative estimate of drug-likeness (QED) is 0.474. The van der Waals surface area contributed by atoms with E-state index in [-0.39, 0.29) is 12.3 Å². The molecule has 0 atom stereocenters. The molecule has 2 heterocycles. The van der Waals surface area contributed by atoms with Crippen molar-refractivity contribution < 1.29 is 17.9 Å². The minimum absolute atomic E-state index is 0.159. The Hall–Kier alpha value is -3.90. The smallest absolute Gasteiger partial charge is 0.410 e. The Balaban J connectivity index is 1.93. The maximum absolute atomic E-state index is 13.3. The predicted molar refractivity (Wildman–Crippen MR) is 135 cm³/mol. The van der Waals surface area contributed by atoms with E-state index in [1.807, 2.05) is 6.07 Å². The van der Waals surface area contributed by atoms with Crippen molar-refractivity contribution in [3.05, 3.63) is 83.8 Å². The summed E-state index contributed by atoms with van der Waals surface area (Å²) < 4.78 is 33.2. The van der Waals surface area contributed by atoms with Crippen LogP contribution in [-0.2, 0) is 21.3 Å². The first-order chi connectivity index (χ1) is 16.5. The first kappa shape index (κ1) is 25.7. The van der Waals surface area contributed by atoms with Gasteiger partial charge in [-0.25, -0.2) is 17.2 Å². The summed E-state index contributed by atoms with van der Waals surface area (Å²) in [5.74, 6) is -0.235. The fourth-order valence-electron chi connectivity index (χ4n) is 3.28. The maximum Gasteiger partial charge on any atom is 0.410 e. The molecule has 0 N–H and O–H groups in total. The molecule has 8 nitrogen and oxygen atoms in total. The van der Waals surface area contributed by atoms with Crippen molar-refractivity contribution in [1.29, 1.82) is 5.26 Å². The summed E-state index contributed by atoms with van der Waals surface area (Å²) >= 11 is 0. The van der Waals surface area contributed by atoms with Gasteiger partial charge in [-0.05, 0) is 61.7 Å². The molecule has 0 aliphatic rings. The highest BCUT2D eigenvalue weighted by Crippen LogP contribution is 2.26. The van der Waals surface area contributed by atoms with E-state index in [4.69, 9.17) is 10.00 Å². The Morgan fingerprint density at radius 2 is 1.94 bits per heavy atom. The standard InChI is InChI=1S/C26H28N4O4S/c1-26(2,3)34-25(31)29(4)18-22-15-24(23-11-9-20(16-27)10-12-23)30(19-22)35(32,33)14-6-8-21-7-5-13-28-17-21/h5-13,15,17,19H,14,18H2,1-4H3. The lowest BCUT2D eigenvalue weighted by molar-refractivity contribution is 0.0285. The molecule has 2 aromatic heterocycles. The minimum atomic E-state index is -3.78. The summed E-state index contributed by atoms with van der Waals surface area (Å²) in [6.07, 6.45) is 7.57. The number of ether oxygens (including phenoxy) is 1. The number of carbonyl (C=O) groups excluding carboxylic acids is 1. The SMILES string of the molecule is CN(Cc1cc(-c2ccc(C#N)cc2)n(S(=O)(=O)CC=Cc2cccnc2)c1)C(=O)OC(C)(C)C. The van der Waals surface area contributed by atoms with Gasteiger partial charge in [-0.1, -0.05) is 30.4 Å². The molecule has 0 aliphatic carbocycles. The number of benzene rings is 1. The lowest BCUT2D eigenvalue weighted by Gasteiger charge is -2.24. The van der Waals surface area contributed by atoms with Crippen molar-refractivity contribution in [1.82, 2.24) is 13.9 Å². The van der Waals surface area contributed by atoms with Gasteiger partial charge in [0.15, 0.2) is 0 Å². The van der Waals surface area contributed by atoms with E-state index in [2.05, 4.69) is 11.1 Å². The molecule has 0 fully saturated rings. The van der Waals surface area contributed by atoms with Crippen LogP contribution in [-0.4, -0.2) is 46.8 Å². The van der Waals surface area contributed by atoms with Gasteiger partial charge in [-0.2, -0.15) is 5.26 Å². The van der Waals surface area contributed by atoms with Crippen molar-refractivity contribution in [2.24, 2.45) is 0 Å². The third-order valence-electron chi connectivity index (χ3n) is 4.88. The van der Waals surface area contributed by atoms with E-state index in [9.17, 15) is 13.2 Å². The Bertz CT molecular complexity index is 1350. The molecule has 1 amide bonds. The average molecular weight is 493 g/mol. The molecule has 0 spiro atoms. The van der Waals surface area contributed by atoms with E-state index >= 15 is 0 Å². The van der Waals surface area contributed by atoms with Crippen molar-refractivity contribution in [2.75, 3.05) is 12.8 Å². The van der Waals surface area contributed by atoms with Gasteiger partial charge >= 0.3 is 6.09 Å². The van der Waals surface area contributed by atoms with E-state index in [1.54, 1.807) is 88.8 Å². The lowest BCUT2D eigenvalue weighted by Crippen LogP contribution is -2.33. The van der Waals surface area contributed by atoms with Crippen LogP contribution in [0.25, 0.3) is 17.3 Å². The molecular weight excluding hydrogens is 464 g/mol. The van der Waals surface area contributed by atoms with Gasteiger partial charge in [0.05, 0.1) is 29.6 Å². The number of hydrogen-bond donors (Lipinski definition) is 0. The molecule has 0 bridgehead atoms. The zero-order chi connectivity index (χ0) is 25.6. The van der Waals surface area contributed by atoms with Gasteiger partial charge in [0.25, 0.3) is 0 Å². The summed E-state index contributed by atoms with van der Waals surface area (Å²) in [7, 11) is -2.18. The highest BCUT2D eigenvalue weighted by atomic mass is 32.2. The summed E-state index contributed by atoms with van der Waals surface area (Å²) in [4.78, 5) is 17.8. The van der Waals surface area contributed by atoms with Gasteiger partial charge in [0.2, 0.25) is 10.0 Å². The molecule has 0 radical (unpaired) electrons. The van der Waals surface area contributed by atoms with Crippen molar-refractivity contribution in [3.63, 3.8) is 0 Å². The van der Waals surface area contributed by atoms with E-state index < -0.39 is 21.7 Å². The monoisotopic (exact) mass is 492 g/mol. The van der Waals surface area contributed by atoms with Crippen LogP contribution in [0.5, 0.6) is 0 Å². The highest BCUT2D eigenvalue weighted by molar-refractivity contribution is 7.90. The summed E-state index contributed by atoms with van der Waals surface area (Å²) in [5.41, 5.74) is 2.32. The Morgan fingerprint density at radius 1 is 1.23 bits per heavy atom. The predicted octanol–water partition coefficient (Wildman–Crippen LogP) is 4.68. The fourth-order valence-corrected chi connectivity index (χ4v) is 4.53. The summed E-state index contributed by atoms with van der Waals surface area (Å²) in [6, 6.07) is 14.1. The molecule has 3 aromatic rings. The summed E-state index contributed by atoms with van der Waals surface area (Å²) in [5, 5.41) is 9.10. The second-order valence-electron chi connectivity index (χ2n) is 9.02. The molecular formula is C26H28N4O4S. The van der Waals surface area contributed by atoms with Gasteiger partial charge in [-0.15, -0.1) is 0 Å². The van der Waals surface area contributed by atoms with Crippen molar-refractivity contribution >= 4 is 22.2 Å². The fraction of sp³-hybridized carbons (Fsp3) is 0.269. The number of amides is 1. The molecule has 182 valence electrons. The molecule has 35 heavy (non-hydrogen) atoms. The van der Waals surface area contributed by atoms with Crippen LogP contribution in [0.1, 0.15) is 37.5 Å². The second-order valence-corrected chi connectivity index (χ2v) is 10.9. The van der Waals surface area contributed by atoms with Crippen LogP contribution < -0.4 is 0 Å². The Labute approximate surface area is 206 Å². The van der Waals surface area contributed by atoms with E-state index in [0.717, 1.165) is 5.56 Å². The number of nitriles is 1. The van der Waals surface area contributed by atoms with Crippen molar-refractivity contribution in [3.8, 4) is 17.3 Å². The number of aromatic nitrogens is 2. The van der Waals surface area contributed by atoms with Crippen LogP contribution in [0, 0.1) is 11.3 Å². The zero-order valence-electron chi connectivity index (χ0n) is 20.2. The third-order valence-corrected chi connectivity index (χ3v) is 6.39. The maximum atomic E-state index is 13.3. The molecule has 0 saturated heterocycles. The number of carbonyl (C=O) groups is 1. The number of hydrogen-bond acceptors (Lipinski definition) is 6. The zero-order valence-corrected chi connectivity index (χ0v) is 21.0. The molecule has 9 heteroatoms. The van der Waals surface area contributed by atoms with Crippen LogP contribution in [0.15, 0.2) is 67.1 Å². The normalized spacial score (nSPS) is 11.9. The second kappa shape index (κ2) is 10.6. The third kappa shape index (κ3) is 7.04. The number of rotatable bonds is 7. The van der Waals surface area contributed by atoms with Crippen LogP contribution in [0.2, 0.25) is 0 Å². The minimum Gasteiger partial charge on any atom is -0.444 e. The molecule has 1 aromatic carbocycles. The Morgan fingerprint density at radius 3 is 2.54 bits per heavy atom. The van der Waals surface area contributed by atoms with Crippen LogP contribution in [0.3, 0.4) is 0 Å². The largest absolute Gasteiger partial charge is 0.444 e. The topological polar surface area (TPSA) is 105 Å². The van der Waals surface area contributed by atoms with Gasteiger partial charge in [-0.3, -0.25) is 4.98 Å². The first-order valence-electron chi connectivity index (χ1n) is 10.9. The van der Waals surface area contributed by atoms with Gasteiger partial charge in [0, 0.05) is 25.6 Å². The molecule has 0 saturated carbocycles. The molecule has 0 aliphatic heterocycles. The first-order valence-corrected chi connectivity index (χ1v) is 12.6. The van der Waals surface area contributed by atoms with Crippen LogP contribution in [0.4, 0.5) is 4.79 Å².